The molecule has 1 amide bonds. The van der Waals surface area contributed by atoms with E-state index in [1.165, 1.54) is 38.8 Å². The Kier molecular flexibility index (Phi) is 8.65. The van der Waals surface area contributed by atoms with Gasteiger partial charge in [-0.2, -0.15) is 0 Å². The number of halogens is 1. The Balaban J connectivity index is 1.30. The molecule has 2 aromatic carbocycles. The molecule has 2 aliphatic heterocycles. The molecule has 0 radical (unpaired) electrons. The molecular formula is C27H35ClN2O3. The van der Waals surface area contributed by atoms with Gasteiger partial charge in [0.15, 0.2) is 0 Å². The average Bonchev–Trinajstić information content (AvgIpc) is 3.12. The van der Waals surface area contributed by atoms with E-state index >= 15 is 0 Å². The molecule has 33 heavy (non-hydrogen) atoms. The molecule has 2 aromatic rings. The van der Waals surface area contributed by atoms with Crippen molar-refractivity contribution in [3.8, 4) is 5.75 Å². The highest BCUT2D eigenvalue weighted by atomic mass is 35.5. The third-order valence-corrected chi connectivity index (χ3v) is 7.13. The first-order valence-corrected chi connectivity index (χ1v) is 12.6. The molecule has 6 heteroatoms. The molecule has 0 spiro atoms. The number of ether oxygens (including phenoxy) is 2. The summed E-state index contributed by atoms with van der Waals surface area (Å²) in [5.74, 6) is 0.835. The van der Waals surface area contributed by atoms with Crippen molar-refractivity contribution < 1.29 is 14.3 Å². The number of anilines is 1. The Morgan fingerprint density at radius 1 is 0.970 bits per heavy atom. The van der Waals surface area contributed by atoms with Crippen LogP contribution in [0.4, 0.5) is 5.69 Å². The molecule has 2 aliphatic rings. The van der Waals surface area contributed by atoms with Crippen molar-refractivity contribution in [3.05, 3.63) is 59.1 Å². The maximum Gasteiger partial charge on any atom is 0.235 e. The second kappa shape index (κ2) is 11.9. The standard InChI is InChI=1S/C27H35ClN2O3/c28-23-8-6-22(7-9-23)27(14-20-32-21-15-27)26(31)29-24-10-12-25(13-11-24)33-19-5-18-30-16-3-1-2-4-17-30/h6-13H,1-5,14-21H2,(H,29,31). The lowest BCUT2D eigenvalue weighted by atomic mass is 9.73. The zero-order valence-corrected chi connectivity index (χ0v) is 20.1. The minimum absolute atomic E-state index is 0.000703. The van der Waals surface area contributed by atoms with Crippen LogP contribution in [0.25, 0.3) is 0 Å². The molecule has 2 fully saturated rings. The van der Waals surface area contributed by atoms with Gasteiger partial charge in [-0.25, -0.2) is 0 Å². The van der Waals surface area contributed by atoms with Gasteiger partial charge >= 0.3 is 0 Å². The summed E-state index contributed by atoms with van der Waals surface area (Å²) in [7, 11) is 0. The van der Waals surface area contributed by atoms with E-state index in [0.29, 0.717) is 37.7 Å². The lowest BCUT2D eigenvalue weighted by Crippen LogP contribution is -2.44. The third kappa shape index (κ3) is 6.50. The first-order chi connectivity index (χ1) is 16.2. The van der Waals surface area contributed by atoms with Gasteiger partial charge in [0.25, 0.3) is 0 Å². The molecule has 178 valence electrons. The summed E-state index contributed by atoms with van der Waals surface area (Å²) in [6.45, 7) is 5.39. The van der Waals surface area contributed by atoms with E-state index in [1.54, 1.807) is 0 Å². The number of rotatable bonds is 8. The smallest absolute Gasteiger partial charge is 0.235 e. The second-order valence-corrected chi connectivity index (χ2v) is 9.57. The van der Waals surface area contributed by atoms with Crippen molar-refractivity contribution in [2.24, 2.45) is 0 Å². The lowest BCUT2D eigenvalue weighted by molar-refractivity contribution is -0.125. The van der Waals surface area contributed by atoms with E-state index in [1.807, 2.05) is 48.5 Å². The van der Waals surface area contributed by atoms with E-state index in [4.69, 9.17) is 21.1 Å². The van der Waals surface area contributed by atoms with Crippen LogP contribution >= 0.6 is 11.6 Å². The molecule has 2 heterocycles. The minimum atomic E-state index is -0.606. The Morgan fingerprint density at radius 3 is 2.30 bits per heavy atom. The van der Waals surface area contributed by atoms with Gasteiger partial charge in [-0.1, -0.05) is 36.6 Å². The minimum Gasteiger partial charge on any atom is -0.494 e. The first-order valence-electron chi connectivity index (χ1n) is 12.3. The fraction of sp³-hybridized carbons (Fsp3) is 0.519. The Morgan fingerprint density at radius 2 is 1.64 bits per heavy atom. The first kappa shape index (κ1) is 24.1. The highest BCUT2D eigenvalue weighted by Crippen LogP contribution is 2.37. The molecule has 0 atom stereocenters. The molecule has 4 rings (SSSR count). The third-order valence-electron chi connectivity index (χ3n) is 6.88. The molecular weight excluding hydrogens is 436 g/mol. The van der Waals surface area contributed by atoms with E-state index in [0.717, 1.165) is 30.0 Å². The van der Waals surface area contributed by atoms with E-state index < -0.39 is 5.41 Å². The van der Waals surface area contributed by atoms with Crippen LogP contribution in [-0.2, 0) is 14.9 Å². The van der Waals surface area contributed by atoms with Crippen LogP contribution in [0.5, 0.6) is 5.75 Å². The zero-order chi connectivity index (χ0) is 22.9. The van der Waals surface area contributed by atoms with E-state index in [-0.39, 0.29) is 5.91 Å². The molecule has 0 saturated carbocycles. The van der Waals surface area contributed by atoms with Crippen LogP contribution in [0.15, 0.2) is 48.5 Å². The quantitative estimate of drug-likeness (QED) is 0.505. The van der Waals surface area contributed by atoms with Gasteiger partial charge in [-0.15, -0.1) is 0 Å². The summed E-state index contributed by atoms with van der Waals surface area (Å²) in [6.07, 6.45) is 7.71. The normalized spacial score (nSPS) is 18.9. The molecule has 0 aliphatic carbocycles. The molecule has 2 saturated heterocycles. The topological polar surface area (TPSA) is 50.8 Å². The molecule has 5 nitrogen and oxygen atoms in total. The van der Waals surface area contributed by atoms with Crippen molar-refractivity contribution in [2.45, 2.75) is 50.4 Å². The number of carbonyl (C=O) groups excluding carboxylic acids is 1. The van der Waals surface area contributed by atoms with Gasteiger partial charge in [-0.3, -0.25) is 4.79 Å². The van der Waals surface area contributed by atoms with Crippen molar-refractivity contribution in [1.82, 2.24) is 4.90 Å². The van der Waals surface area contributed by atoms with Crippen molar-refractivity contribution in [2.75, 3.05) is 44.8 Å². The molecule has 1 N–H and O–H groups in total. The predicted molar refractivity (Wildman–Crippen MR) is 133 cm³/mol. The Bertz CT molecular complexity index is 871. The van der Waals surface area contributed by atoms with Crippen molar-refractivity contribution in [1.29, 1.82) is 0 Å². The van der Waals surface area contributed by atoms with Gasteiger partial charge in [0, 0.05) is 30.5 Å². The number of hydrogen-bond donors (Lipinski definition) is 1. The highest BCUT2D eigenvalue weighted by Gasteiger charge is 2.41. The summed E-state index contributed by atoms with van der Waals surface area (Å²) in [5.41, 5.74) is 1.15. The fourth-order valence-electron chi connectivity index (χ4n) is 4.86. The number of amides is 1. The van der Waals surface area contributed by atoms with Gasteiger partial charge in [-0.05, 0) is 87.2 Å². The Hall–Kier alpha value is -2.08. The van der Waals surface area contributed by atoms with Gasteiger partial charge in [0.1, 0.15) is 5.75 Å². The Labute approximate surface area is 202 Å². The van der Waals surface area contributed by atoms with Crippen LogP contribution in [0.3, 0.4) is 0 Å². The summed E-state index contributed by atoms with van der Waals surface area (Å²) < 4.78 is 11.5. The van der Waals surface area contributed by atoms with Crippen LogP contribution < -0.4 is 10.1 Å². The number of carbonyl (C=O) groups is 1. The van der Waals surface area contributed by atoms with E-state index in [9.17, 15) is 4.79 Å². The predicted octanol–water partition coefficient (Wildman–Crippen LogP) is 5.67. The maximum absolute atomic E-state index is 13.4. The lowest BCUT2D eigenvalue weighted by Gasteiger charge is -2.36. The summed E-state index contributed by atoms with van der Waals surface area (Å²) in [6, 6.07) is 15.3. The van der Waals surface area contributed by atoms with Crippen LogP contribution in [0.1, 0.15) is 50.5 Å². The maximum atomic E-state index is 13.4. The molecule has 0 unspecified atom stereocenters. The van der Waals surface area contributed by atoms with Crippen LogP contribution in [0.2, 0.25) is 5.02 Å². The van der Waals surface area contributed by atoms with Crippen molar-refractivity contribution in [3.63, 3.8) is 0 Å². The number of nitrogens with one attached hydrogen (secondary N) is 1. The zero-order valence-electron chi connectivity index (χ0n) is 19.4. The monoisotopic (exact) mass is 470 g/mol. The highest BCUT2D eigenvalue weighted by molar-refractivity contribution is 6.30. The summed E-state index contributed by atoms with van der Waals surface area (Å²) in [5, 5.41) is 3.79. The number of likely N-dealkylation sites (tertiary alicyclic amines) is 1. The van der Waals surface area contributed by atoms with Crippen LogP contribution in [-0.4, -0.2) is 50.3 Å². The number of hydrogen-bond acceptors (Lipinski definition) is 4. The van der Waals surface area contributed by atoms with Crippen molar-refractivity contribution >= 4 is 23.2 Å². The number of nitrogens with zero attached hydrogens (tertiary/aromatic N) is 1. The SMILES string of the molecule is O=C(Nc1ccc(OCCCN2CCCCCC2)cc1)C1(c2ccc(Cl)cc2)CCOCC1. The summed E-state index contributed by atoms with van der Waals surface area (Å²) in [4.78, 5) is 16.0. The largest absolute Gasteiger partial charge is 0.494 e. The van der Waals surface area contributed by atoms with Gasteiger partial charge in [0.2, 0.25) is 5.91 Å². The molecule has 0 bridgehead atoms. The number of benzene rings is 2. The van der Waals surface area contributed by atoms with Gasteiger partial charge in [0.05, 0.1) is 12.0 Å². The second-order valence-electron chi connectivity index (χ2n) is 9.14. The van der Waals surface area contributed by atoms with E-state index in [2.05, 4.69) is 10.2 Å². The summed E-state index contributed by atoms with van der Waals surface area (Å²) >= 11 is 6.07. The molecule has 0 aromatic heterocycles. The van der Waals surface area contributed by atoms with Crippen LogP contribution in [0, 0.1) is 0 Å². The fourth-order valence-corrected chi connectivity index (χ4v) is 4.98. The van der Waals surface area contributed by atoms with Gasteiger partial charge < -0.3 is 19.7 Å². The average molecular weight is 471 g/mol.